The minimum atomic E-state index is -4.94. The molecule has 0 unspecified atom stereocenters. The number of rotatable bonds is 9. The number of hydrogen-bond donors (Lipinski definition) is 1. The fraction of sp³-hybridized carbons (Fsp3) is 0.385. The van der Waals surface area contributed by atoms with Gasteiger partial charge < -0.3 is 9.84 Å². The molecule has 0 saturated carbocycles. The van der Waals surface area contributed by atoms with Crippen molar-refractivity contribution in [1.29, 1.82) is 0 Å². The summed E-state index contributed by atoms with van der Waals surface area (Å²) in [4.78, 5) is 34.6. The Balaban J connectivity index is 1.41. The molecule has 216 valence electrons. The van der Waals surface area contributed by atoms with Crippen molar-refractivity contribution in [2.45, 2.75) is 44.6 Å². The third kappa shape index (κ3) is 6.55. The lowest BCUT2D eigenvalue weighted by molar-refractivity contribution is -0.207. The Hall–Kier alpha value is -3.88. The van der Waals surface area contributed by atoms with Crippen LogP contribution in [-0.2, 0) is 29.0 Å². The average Bonchev–Trinajstić information content (AvgIpc) is 3.54. The Labute approximate surface area is 236 Å². The van der Waals surface area contributed by atoms with E-state index in [4.69, 9.17) is 16.3 Å². The number of carbonyl (C=O) groups excluding carboxylic acids is 1. The Bertz CT molecular complexity index is 1580. The first-order chi connectivity index (χ1) is 19.6. The molecule has 3 aromatic heterocycles. The molecule has 0 aliphatic carbocycles. The molecule has 0 spiro atoms. The van der Waals surface area contributed by atoms with Crippen LogP contribution in [0.4, 0.5) is 13.2 Å². The second kappa shape index (κ2) is 11.9. The monoisotopic (exact) mass is 591 g/mol. The van der Waals surface area contributed by atoms with Crippen molar-refractivity contribution in [2.24, 2.45) is 5.92 Å². The van der Waals surface area contributed by atoms with Gasteiger partial charge in [-0.05, 0) is 49.2 Å². The van der Waals surface area contributed by atoms with Crippen LogP contribution in [0.5, 0.6) is 0 Å². The molecular weight excluding hydrogens is 567 g/mol. The zero-order valence-corrected chi connectivity index (χ0v) is 22.3. The number of ether oxygens (including phenoxy) is 1. The summed E-state index contributed by atoms with van der Waals surface area (Å²) in [6.07, 6.45) is -3.33. The van der Waals surface area contributed by atoms with Crippen molar-refractivity contribution in [3.05, 3.63) is 75.9 Å². The normalized spacial score (nSPS) is 15.2. The average molecular weight is 592 g/mol. The van der Waals surface area contributed by atoms with Crippen LogP contribution in [0.25, 0.3) is 17.1 Å². The Morgan fingerprint density at radius 1 is 1.12 bits per heavy atom. The molecule has 1 aliphatic rings. The summed E-state index contributed by atoms with van der Waals surface area (Å²) >= 11 is 5.93. The lowest BCUT2D eigenvalue weighted by atomic mass is 9.92. The van der Waals surface area contributed by atoms with Crippen molar-refractivity contribution in [3.63, 3.8) is 0 Å². The van der Waals surface area contributed by atoms with Gasteiger partial charge in [0.05, 0.1) is 24.3 Å². The second-order valence-electron chi connectivity index (χ2n) is 9.54. The third-order valence-corrected chi connectivity index (χ3v) is 6.97. The zero-order chi connectivity index (χ0) is 29.1. The number of carbonyl (C=O) groups is 1. The number of aliphatic hydroxyl groups is 1. The van der Waals surface area contributed by atoms with E-state index in [0.717, 1.165) is 9.25 Å². The van der Waals surface area contributed by atoms with Crippen LogP contribution < -0.4 is 5.69 Å². The van der Waals surface area contributed by atoms with E-state index in [1.807, 2.05) is 0 Å². The lowest BCUT2D eigenvalue weighted by Gasteiger charge is -2.20. The summed E-state index contributed by atoms with van der Waals surface area (Å²) in [5.41, 5.74) is 0.471. The predicted octanol–water partition coefficient (Wildman–Crippen LogP) is 2.85. The third-order valence-electron chi connectivity index (χ3n) is 6.72. The van der Waals surface area contributed by atoms with Crippen LogP contribution in [0.2, 0.25) is 5.02 Å². The fourth-order valence-electron chi connectivity index (χ4n) is 4.52. The summed E-state index contributed by atoms with van der Waals surface area (Å²) in [5, 5.41) is 18.7. The molecule has 4 heterocycles. The summed E-state index contributed by atoms with van der Waals surface area (Å²) in [7, 11) is 0. The molecule has 0 amide bonds. The maximum atomic E-state index is 13.1. The summed E-state index contributed by atoms with van der Waals surface area (Å²) in [6, 6.07) is 9.44. The minimum absolute atomic E-state index is 0.0569. The van der Waals surface area contributed by atoms with E-state index in [9.17, 15) is 27.9 Å². The first-order valence-electron chi connectivity index (χ1n) is 12.7. The highest BCUT2D eigenvalue weighted by atomic mass is 35.5. The van der Waals surface area contributed by atoms with E-state index in [1.54, 1.807) is 18.3 Å². The van der Waals surface area contributed by atoms with Crippen LogP contribution in [-0.4, -0.2) is 70.5 Å². The van der Waals surface area contributed by atoms with E-state index in [-0.39, 0.29) is 36.3 Å². The number of aliphatic hydroxyl groups excluding tert-OH is 1. The molecule has 11 nitrogen and oxygen atoms in total. The van der Waals surface area contributed by atoms with Crippen LogP contribution in [0.1, 0.15) is 24.4 Å². The predicted molar refractivity (Wildman–Crippen MR) is 140 cm³/mol. The molecule has 1 saturated heterocycles. The quantitative estimate of drug-likeness (QED) is 0.315. The number of pyridine rings is 1. The van der Waals surface area contributed by atoms with Crippen molar-refractivity contribution < 1.29 is 27.8 Å². The smallest absolute Gasteiger partial charge is 0.382 e. The molecule has 1 aromatic carbocycles. The number of aromatic nitrogens is 7. The molecule has 4 aromatic rings. The minimum Gasteiger partial charge on any atom is -0.382 e. The molecule has 1 aliphatic heterocycles. The van der Waals surface area contributed by atoms with Gasteiger partial charge in [0.15, 0.2) is 17.8 Å². The van der Waals surface area contributed by atoms with E-state index in [0.29, 0.717) is 48.0 Å². The van der Waals surface area contributed by atoms with E-state index in [2.05, 4.69) is 20.2 Å². The van der Waals surface area contributed by atoms with Gasteiger partial charge in [0.2, 0.25) is 0 Å². The van der Waals surface area contributed by atoms with Crippen molar-refractivity contribution in [1.82, 2.24) is 34.1 Å². The van der Waals surface area contributed by atoms with Crippen LogP contribution in [0.15, 0.2) is 53.7 Å². The second-order valence-corrected chi connectivity index (χ2v) is 9.98. The van der Waals surface area contributed by atoms with E-state index >= 15 is 0 Å². The van der Waals surface area contributed by atoms with Crippen molar-refractivity contribution in [3.8, 4) is 17.1 Å². The standard InChI is InChI=1S/C26H25ClF3N7O4/c27-18-5-3-17(4-6-18)24-34-36(25(40)35(24)13-22(39)26(28,29)30)14-23-32-15-37(33-23)20-2-1-9-31-19(20)12-21(38)16-7-10-41-11-8-16/h1-6,9,15-16,22,39H,7-8,10-14H2/t22-/m0/s1. The Kier molecular flexibility index (Phi) is 8.33. The van der Waals surface area contributed by atoms with E-state index in [1.165, 1.54) is 35.3 Å². The van der Waals surface area contributed by atoms with Gasteiger partial charge in [-0.1, -0.05) is 11.6 Å². The van der Waals surface area contributed by atoms with Gasteiger partial charge in [0.1, 0.15) is 18.7 Å². The SMILES string of the molecule is O=C(Cc1ncccc1-n1cnc(Cn2nc(-c3ccc(Cl)cc3)n(C[C@H](O)C(F)(F)F)c2=O)n1)C1CCOCC1. The van der Waals surface area contributed by atoms with Crippen LogP contribution >= 0.6 is 11.6 Å². The van der Waals surface area contributed by atoms with Crippen LogP contribution in [0, 0.1) is 5.92 Å². The highest BCUT2D eigenvalue weighted by Gasteiger charge is 2.39. The van der Waals surface area contributed by atoms with Gasteiger partial charge in [-0.2, -0.15) is 13.2 Å². The first-order valence-corrected chi connectivity index (χ1v) is 13.1. The number of alkyl halides is 3. The number of benzene rings is 1. The number of nitrogens with zero attached hydrogens (tertiary/aromatic N) is 7. The number of hydrogen-bond acceptors (Lipinski definition) is 8. The molecule has 0 radical (unpaired) electrons. The first kappa shape index (κ1) is 28.6. The summed E-state index contributed by atoms with van der Waals surface area (Å²) < 4.78 is 47.8. The summed E-state index contributed by atoms with van der Waals surface area (Å²) in [5.74, 6) is 0.0101. The molecule has 5 rings (SSSR count). The van der Waals surface area contributed by atoms with Crippen molar-refractivity contribution in [2.75, 3.05) is 13.2 Å². The maximum absolute atomic E-state index is 13.1. The largest absolute Gasteiger partial charge is 0.416 e. The van der Waals surface area contributed by atoms with Gasteiger partial charge in [0.25, 0.3) is 0 Å². The van der Waals surface area contributed by atoms with Gasteiger partial charge >= 0.3 is 11.9 Å². The number of Topliss-reactive ketones (excluding diaryl/α,β-unsaturated/α-hetero) is 1. The van der Waals surface area contributed by atoms with E-state index < -0.39 is 24.5 Å². The fourth-order valence-corrected chi connectivity index (χ4v) is 4.65. The molecule has 41 heavy (non-hydrogen) atoms. The number of halogens is 4. The van der Waals surface area contributed by atoms with Gasteiger partial charge in [0, 0.05) is 35.9 Å². The molecule has 1 N–H and O–H groups in total. The molecule has 15 heteroatoms. The van der Waals surface area contributed by atoms with Gasteiger partial charge in [-0.3, -0.25) is 14.3 Å². The van der Waals surface area contributed by atoms with Gasteiger partial charge in [-0.25, -0.2) is 19.1 Å². The number of ketones is 1. The topological polar surface area (TPSA) is 130 Å². The van der Waals surface area contributed by atoms with Crippen molar-refractivity contribution >= 4 is 17.4 Å². The molecular formula is C26H25ClF3N7O4. The Morgan fingerprint density at radius 3 is 2.56 bits per heavy atom. The molecule has 1 atom stereocenters. The maximum Gasteiger partial charge on any atom is 0.416 e. The van der Waals surface area contributed by atoms with Crippen LogP contribution in [0.3, 0.4) is 0 Å². The molecule has 1 fully saturated rings. The highest BCUT2D eigenvalue weighted by Crippen LogP contribution is 2.24. The Morgan fingerprint density at radius 2 is 1.85 bits per heavy atom. The molecule has 0 bridgehead atoms. The zero-order valence-electron chi connectivity index (χ0n) is 21.5. The highest BCUT2D eigenvalue weighted by molar-refractivity contribution is 6.30. The van der Waals surface area contributed by atoms with Gasteiger partial charge in [-0.15, -0.1) is 10.2 Å². The lowest BCUT2D eigenvalue weighted by Crippen LogP contribution is -2.37. The summed E-state index contributed by atoms with van der Waals surface area (Å²) in [6.45, 7) is -0.232.